The van der Waals surface area contributed by atoms with Crippen molar-refractivity contribution in [3.63, 3.8) is 0 Å². The van der Waals surface area contributed by atoms with Crippen LogP contribution in [-0.2, 0) is 19.5 Å². The molecule has 29 heavy (non-hydrogen) atoms. The first-order valence-corrected chi connectivity index (χ1v) is 10.4. The van der Waals surface area contributed by atoms with Gasteiger partial charge in [-0.05, 0) is 49.6 Å². The largest absolute Gasteiger partial charge is 0.341 e. The minimum Gasteiger partial charge on any atom is -0.341 e. The SMILES string of the molecule is CCn1c2ccccc2c2cc(/C=C(\C#N)c3nnc4n3CCCCC4)ccc21. The van der Waals surface area contributed by atoms with E-state index >= 15 is 0 Å². The van der Waals surface area contributed by atoms with E-state index < -0.39 is 0 Å². The number of benzene rings is 2. The van der Waals surface area contributed by atoms with E-state index in [1.165, 1.54) is 28.2 Å². The summed E-state index contributed by atoms with van der Waals surface area (Å²) < 4.78 is 4.46. The van der Waals surface area contributed by atoms with Crippen molar-refractivity contribution in [3.05, 3.63) is 59.7 Å². The monoisotopic (exact) mass is 381 g/mol. The van der Waals surface area contributed by atoms with Crippen molar-refractivity contribution < 1.29 is 0 Å². The molecule has 5 nitrogen and oxygen atoms in total. The quantitative estimate of drug-likeness (QED) is 0.459. The molecule has 144 valence electrons. The number of nitriles is 1. The van der Waals surface area contributed by atoms with Gasteiger partial charge in [0.25, 0.3) is 0 Å². The van der Waals surface area contributed by atoms with Crippen LogP contribution in [0.3, 0.4) is 0 Å². The molecule has 0 aliphatic carbocycles. The molecule has 0 spiro atoms. The number of para-hydroxylation sites is 1. The Morgan fingerprint density at radius 1 is 1.07 bits per heavy atom. The molecule has 1 aliphatic rings. The molecule has 0 saturated carbocycles. The predicted octanol–water partition coefficient (Wildman–Crippen LogP) is 5.20. The molecule has 0 unspecified atom stereocenters. The summed E-state index contributed by atoms with van der Waals surface area (Å²) in [6.45, 7) is 3.98. The summed E-state index contributed by atoms with van der Waals surface area (Å²) in [7, 11) is 0. The summed E-state index contributed by atoms with van der Waals surface area (Å²) >= 11 is 0. The molecule has 0 N–H and O–H groups in total. The van der Waals surface area contributed by atoms with E-state index in [0.717, 1.165) is 43.7 Å². The second kappa shape index (κ2) is 7.21. The van der Waals surface area contributed by atoms with Gasteiger partial charge in [0.2, 0.25) is 0 Å². The van der Waals surface area contributed by atoms with Gasteiger partial charge in [-0.25, -0.2) is 0 Å². The van der Waals surface area contributed by atoms with Crippen molar-refractivity contribution in [2.75, 3.05) is 0 Å². The molecule has 1 aliphatic heterocycles. The summed E-state index contributed by atoms with van der Waals surface area (Å²) in [5, 5.41) is 21.0. The van der Waals surface area contributed by atoms with Gasteiger partial charge in [0.15, 0.2) is 5.82 Å². The van der Waals surface area contributed by atoms with Gasteiger partial charge in [0.1, 0.15) is 11.9 Å². The fraction of sp³-hybridized carbons (Fsp3) is 0.292. The molecule has 5 heteroatoms. The van der Waals surface area contributed by atoms with Crippen molar-refractivity contribution in [2.45, 2.75) is 45.7 Å². The zero-order valence-electron chi connectivity index (χ0n) is 16.6. The number of allylic oxidation sites excluding steroid dienone is 1. The Morgan fingerprint density at radius 2 is 1.93 bits per heavy atom. The summed E-state index contributed by atoms with van der Waals surface area (Å²) in [6, 6.07) is 17.3. The zero-order valence-corrected chi connectivity index (χ0v) is 16.6. The van der Waals surface area contributed by atoms with E-state index in [1.54, 1.807) is 0 Å². The standard InChI is InChI=1S/C24H23N5/c1-2-28-21-9-6-5-8-19(21)20-15-17(11-12-22(20)28)14-18(16-25)24-27-26-23-10-4-3-7-13-29(23)24/h5-6,8-9,11-12,14-15H,2-4,7,10,13H2,1H3/b18-14+. The molecule has 0 fully saturated rings. The molecule has 2 aromatic carbocycles. The van der Waals surface area contributed by atoms with E-state index in [0.29, 0.717) is 11.4 Å². The molecule has 0 radical (unpaired) electrons. The Kier molecular flexibility index (Phi) is 4.40. The lowest BCUT2D eigenvalue weighted by Crippen LogP contribution is -2.05. The summed E-state index contributed by atoms with van der Waals surface area (Å²) in [5.41, 5.74) is 4.05. The number of aryl methyl sites for hydroxylation is 2. The van der Waals surface area contributed by atoms with Crippen molar-refractivity contribution in [1.29, 1.82) is 5.26 Å². The van der Waals surface area contributed by atoms with Crippen LogP contribution in [0.1, 0.15) is 43.4 Å². The minimum absolute atomic E-state index is 0.573. The third-order valence-electron chi connectivity index (χ3n) is 5.89. The van der Waals surface area contributed by atoms with Gasteiger partial charge >= 0.3 is 0 Å². The third kappa shape index (κ3) is 2.92. The van der Waals surface area contributed by atoms with Gasteiger partial charge < -0.3 is 9.13 Å². The van der Waals surface area contributed by atoms with E-state index in [1.807, 2.05) is 6.08 Å². The Balaban J connectivity index is 1.64. The highest BCUT2D eigenvalue weighted by Gasteiger charge is 2.18. The number of rotatable bonds is 3. The molecule has 2 aromatic heterocycles. The van der Waals surface area contributed by atoms with Crippen molar-refractivity contribution in [2.24, 2.45) is 0 Å². The van der Waals surface area contributed by atoms with Crippen LogP contribution < -0.4 is 0 Å². The summed E-state index contributed by atoms with van der Waals surface area (Å²) in [5.74, 6) is 1.70. The van der Waals surface area contributed by atoms with Crippen LogP contribution in [0.25, 0.3) is 33.5 Å². The second-order valence-electron chi connectivity index (χ2n) is 7.61. The van der Waals surface area contributed by atoms with E-state index in [2.05, 4.69) is 74.8 Å². The maximum Gasteiger partial charge on any atom is 0.174 e. The Bertz CT molecular complexity index is 1280. The first kappa shape index (κ1) is 17.7. The highest BCUT2D eigenvalue weighted by molar-refractivity contribution is 6.09. The average molecular weight is 381 g/mol. The number of fused-ring (bicyclic) bond motifs is 4. The van der Waals surface area contributed by atoms with Crippen molar-refractivity contribution in [3.8, 4) is 6.07 Å². The minimum atomic E-state index is 0.573. The Morgan fingerprint density at radius 3 is 2.79 bits per heavy atom. The van der Waals surface area contributed by atoms with Gasteiger partial charge in [-0.3, -0.25) is 0 Å². The van der Waals surface area contributed by atoms with Crippen molar-refractivity contribution >= 4 is 33.5 Å². The van der Waals surface area contributed by atoms with Crippen LogP contribution in [0, 0.1) is 11.3 Å². The molecule has 0 bridgehead atoms. The van der Waals surface area contributed by atoms with Crippen LogP contribution >= 0.6 is 0 Å². The van der Waals surface area contributed by atoms with Gasteiger partial charge in [0.05, 0.1) is 5.57 Å². The van der Waals surface area contributed by atoms with E-state index in [9.17, 15) is 5.26 Å². The smallest absolute Gasteiger partial charge is 0.174 e. The van der Waals surface area contributed by atoms with E-state index in [-0.39, 0.29) is 0 Å². The lowest BCUT2D eigenvalue weighted by Gasteiger charge is -2.06. The van der Waals surface area contributed by atoms with Crippen molar-refractivity contribution in [1.82, 2.24) is 19.3 Å². The fourth-order valence-corrected chi connectivity index (χ4v) is 4.50. The molecule has 0 saturated heterocycles. The maximum atomic E-state index is 9.85. The van der Waals surface area contributed by atoms with Crippen LogP contribution in [0.5, 0.6) is 0 Å². The molecule has 4 aromatic rings. The highest BCUT2D eigenvalue weighted by atomic mass is 15.3. The number of nitrogens with zero attached hydrogens (tertiary/aromatic N) is 5. The summed E-state index contributed by atoms with van der Waals surface area (Å²) in [4.78, 5) is 0. The molecule has 0 atom stereocenters. The maximum absolute atomic E-state index is 9.85. The van der Waals surface area contributed by atoms with Gasteiger partial charge in [-0.2, -0.15) is 5.26 Å². The number of hydrogen-bond donors (Lipinski definition) is 0. The molecule has 0 amide bonds. The third-order valence-corrected chi connectivity index (χ3v) is 5.89. The Labute approximate surface area is 169 Å². The first-order valence-electron chi connectivity index (χ1n) is 10.4. The highest BCUT2D eigenvalue weighted by Crippen LogP contribution is 2.31. The van der Waals surface area contributed by atoms with E-state index in [4.69, 9.17) is 0 Å². The zero-order chi connectivity index (χ0) is 19.8. The van der Waals surface area contributed by atoms with Crippen LogP contribution in [0.15, 0.2) is 42.5 Å². The first-order chi connectivity index (χ1) is 14.3. The Hall–Kier alpha value is -3.39. The lowest BCUT2D eigenvalue weighted by atomic mass is 10.1. The van der Waals surface area contributed by atoms with Crippen LogP contribution in [0.2, 0.25) is 0 Å². The number of hydrogen-bond acceptors (Lipinski definition) is 3. The van der Waals surface area contributed by atoms with Crippen LogP contribution in [-0.4, -0.2) is 19.3 Å². The molecular weight excluding hydrogens is 358 g/mol. The van der Waals surface area contributed by atoms with Gasteiger partial charge in [-0.1, -0.05) is 30.7 Å². The molecule has 3 heterocycles. The van der Waals surface area contributed by atoms with Crippen LogP contribution in [0.4, 0.5) is 0 Å². The topological polar surface area (TPSA) is 59.4 Å². The number of aromatic nitrogens is 4. The normalized spacial score (nSPS) is 14.7. The summed E-state index contributed by atoms with van der Waals surface area (Å²) in [6.07, 6.45) is 6.33. The molecule has 5 rings (SSSR count). The van der Waals surface area contributed by atoms with Gasteiger partial charge in [0, 0.05) is 41.3 Å². The fourth-order valence-electron chi connectivity index (χ4n) is 4.50. The second-order valence-corrected chi connectivity index (χ2v) is 7.61. The lowest BCUT2D eigenvalue weighted by molar-refractivity contribution is 0.627. The predicted molar refractivity (Wildman–Crippen MR) is 116 cm³/mol. The average Bonchev–Trinajstić information content (AvgIpc) is 3.21. The molecular formula is C24H23N5. The van der Waals surface area contributed by atoms with Gasteiger partial charge in [-0.15, -0.1) is 10.2 Å².